The smallest absolute Gasteiger partial charge is 0.245 e. The molecule has 4 N–H and O–H groups in total. The normalized spacial score (nSPS) is 23.2. The summed E-state index contributed by atoms with van der Waals surface area (Å²) in [7, 11) is 2.07. The Labute approximate surface area is 231 Å². The highest BCUT2D eigenvalue weighted by atomic mass is 16.1. The van der Waals surface area contributed by atoms with Gasteiger partial charge in [0.05, 0.1) is 23.1 Å². The number of nitrogens with one attached hydrogen (secondary N) is 2. The molecule has 0 saturated carbocycles. The fourth-order valence-corrected chi connectivity index (χ4v) is 5.72. The van der Waals surface area contributed by atoms with Gasteiger partial charge in [0.1, 0.15) is 0 Å². The molecule has 4 heterocycles. The molecule has 1 aromatic carbocycles. The minimum atomic E-state index is -0.252. The Balaban J connectivity index is 1.52. The van der Waals surface area contributed by atoms with E-state index in [1.54, 1.807) is 6.20 Å². The average Bonchev–Trinajstić information content (AvgIpc) is 3.38. The van der Waals surface area contributed by atoms with E-state index < -0.39 is 0 Å². The van der Waals surface area contributed by atoms with Crippen LogP contribution in [0.3, 0.4) is 0 Å². The van der Waals surface area contributed by atoms with Gasteiger partial charge in [-0.1, -0.05) is 18.2 Å². The molecule has 9 heteroatoms. The van der Waals surface area contributed by atoms with E-state index in [1.807, 2.05) is 18.2 Å². The molecular weight excluding hydrogens is 488 g/mol. The molecule has 1 aromatic heterocycles. The topological polar surface area (TPSA) is 114 Å². The van der Waals surface area contributed by atoms with Crippen LogP contribution in [0.5, 0.6) is 0 Å². The molecule has 0 spiro atoms. The number of aromatic nitrogens is 2. The standard InChI is InChI=1S/C30H40N8O/c1-20(2)34-24-15-22-16-25(17-24)38(32)30-33-12-10-27(35-30)23-8-6-21(7-9-23)18-36(3)14-11-26(31)29(39)28-5-4-13-37(28)19-22/h6,8-10,12,15-17,20-21,28,31,34H,4-5,7,11,13-14,18-19,32H2,1-3H3/t21-,28+/m1/s1. The predicted octanol–water partition coefficient (Wildman–Crippen LogP) is 4.16. The number of anilines is 3. The number of nitrogens with two attached hydrogens (primary N) is 1. The second kappa shape index (κ2) is 11.8. The summed E-state index contributed by atoms with van der Waals surface area (Å²) in [6, 6.07) is 8.08. The lowest BCUT2D eigenvalue weighted by atomic mass is 9.94. The van der Waals surface area contributed by atoms with Crippen molar-refractivity contribution in [3.63, 3.8) is 0 Å². The van der Waals surface area contributed by atoms with Gasteiger partial charge in [0.25, 0.3) is 0 Å². The zero-order valence-corrected chi connectivity index (χ0v) is 23.2. The van der Waals surface area contributed by atoms with Crippen molar-refractivity contribution < 1.29 is 4.79 Å². The minimum Gasteiger partial charge on any atom is -0.383 e. The van der Waals surface area contributed by atoms with Gasteiger partial charge in [0.15, 0.2) is 5.78 Å². The van der Waals surface area contributed by atoms with Gasteiger partial charge in [-0.15, -0.1) is 0 Å². The first-order chi connectivity index (χ1) is 18.8. The first kappa shape index (κ1) is 27.2. The molecule has 0 unspecified atom stereocenters. The summed E-state index contributed by atoms with van der Waals surface area (Å²) in [6.07, 6.45) is 11.4. The zero-order valence-electron chi connectivity index (χ0n) is 23.2. The Morgan fingerprint density at radius 3 is 2.82 bits per heavy atom. The van der Waals surface area contributed by atoms with Crippen LogP contribution >= 0.6 is 0 Å². The lowest BCUT2D eigenvalue weighted by Crippen LogP contribution is -2.40. The van der Waals surface area contributed by atoms with Crippen LogP contribution in [0.4, 0.5) is 17.3 Å². The summed E-state index contributed by atoms with van der Waals surface area (Å²) in [5.74, 6) is 7.39. The number of hydrogen-bond acceptors (Lipinski definition) is 9. The molecule has 3 aliphatic heterocycles. The molecule has 206 valence electrons. The van der Waals surface area contributed by atoms with Gasteiger partial charge in [-0.2, -0.15) is 0 Å². The van der Waals surface area contributed by atoms with Crippen LogP contribution in [-0.2, 0) is 11.3 Å². The molecule has 1 fully saturated rings. The van der Waals surface area contributed by atoms with E-state index in [9.17, 15) is 4.79 Å². The van der Waals surface area contributed by atoms with Crippen molar-refractivity contribution in [2.75, 3.05) is 37.0 Å². The minimum absolute atomic E-state index is 0.0391. The molecule has 39 heavy (non-hydrogen) atoms. The molecule has 6 rings (SSSR count). The maximum Gasteiger partial charge on any atom is 0.245 e. The quantitative estimate of drug-likeness (QED) is 0.498. The van der Waals surface area contributed by atoms with E-state index in [0.717, 1.165) is 60.6 Å². The summed E-state index contributed by atoms with van der Waals surface area (Å²) in [4.78, 5) is 27.1. The van der Waals surface area contributed by atoms with Gasteiger partial charge in [-0.3, -0.25) is 9.69 Å². The summed E-state index contributed by atoms with van der Waals surface area (Å²) >= 11 is 0. The number of ketones is 1. The highest BCUT2D eigenvalue weighted by molar-refractivity contribution is 6.40. The summed E-state index contributed by atoms with van der Waals surface area (Å²) in [6.45, 7) is 7.22. The Morgan fingerprint density at radius 2 is 2.05 bits per heavy atom. The Morgan fingerprint density at radius 1 is 1.21 bits per heavy atom. The van der Waals surface area contributed by atoms with Gasteiger partial charge >= 0.3 is 0 Å². The van der Waals surface area contributed by atoms with E-state index >= 15 is 0 Å². The molecular formula is C30H40N8O. The Hall–Kier alpha value is -3.40. The Kier molecular flexibility index (Phi) is 8.20. The van der Waals surface area contributed by atoms with E-state index in [-0.39, 0.29) is 23.6 Å². The van der Waals surface area contributed by atoms with E-state index in [4.69, 9.17) is 16.2 Å². The van der Waals surface area contributed by atoms with Crippen LogP contribution < -0.4 is 16.2 Å². The molecule has 2 atom stereocenters. The van der Waals surface area contributed by atoms with E-state index in [0.29, 0.717) is 31.4 Å². The number of carbonyl (C=O) groups excluding carboxylic acids is 1. The van der Waals surface area contributed by atoms with Crippen LogP contribution in [0.25, 0.3) is 5.57 Å². The molecule has 6 bridgehead atoms. The number of nitrogens with zero attached hydrogens (tertiary/aromatic N) is 5. The molecule has 0 radical (unpaired) electrons. The number of hydrazine groups is 1. The van der Waals surface area contributed by atoms with Crippen LogP contribution in [0.1, 0.15) is 50.8 Å². The number of benzene rings is 1. The molecule has 1 saturated heterocycles. The van der Waals surface area contributed by atoms with Gasteiger partial charge in [-0.25, -0.2) is 20.8 Å². The third kappa shape index (κ3) is 6.43. The predicted molar refractivity (Wildman–Crippen MR) is 157 cm³/mol. The van der Waals surface area contributed by atoms with Crippen molar-refractivity contribution >= 4 is 34.4 Å². The Bertz CT molecular complexity index is 1290. The van der Waals surface area contributed by atoms with E-state index in [1.165, 1.54) is 5.01 Å². The largest absolute Gasteiger partial charge is 0.383 e. The second-order valence-corrected chi connectivity index (χ2v) is 11.3. The van der Waals surface area contributed by atoms with Crippen molar-refractivity contribution in [2.45, 2.75) is 58.2 Å². The highest BCUT2D eigenvalue weighted by Crippen LogP contribution is 2.30. The molecule has 0 amide bonds. The number of allylic oxidation sites excluding steroid dienone is 3. The molecule has 4 aliphatic rings. The van der Waals surface area contributed by atoms with Gasteiger partial charge in [0.2, 0.25) is 5.95 Å². The highest BCUT2D eigenvalue weighted by Gasteiger charge is 2.33. The van der Waals surface area contributed by atoms with Crippen molar-refractivity contribution in [3.05, 3.63) is 59.9 Å². The van der Waals surface area contributed by atoms with Crippen LogP contribution in [0, 0.1) is 11.3 Å². The van der Waals surface area contributed by atoms with Crippen LogP contribution in [0.2, 0.25) is 0 Å². The van der Waals surface area contributed by atoms with Crippen molar-refractivity contribution in [1.82, 2.24) is 19.8 Å². The zero-order chi connectivity index (χ0) is 27.5. The fraction of sp³-hybridized carbons (Fsp3) is 0.467. The van der Waals surface area contributed by atoms with Crippen LogP contribution in [-0.4, -0.2) is 70.0 Å². The summed E-state index contributed by atoms with van der Waals surface area (Å²) < 4.78 is 0. The number of fused-ring (bicyclic) bond motifs is 6. The first-order valence-electron chi connectivity index (χ1n) is 14.0. The second-order valence-electron chi connectivity index (χ2n) is 11.3. The number of carbonyl (C=O) groups is 1. The maximum absolute atomic E-state index is 13.4. The van der Waals surface area contributed by atoms with Crippen molar-refractivity contribution in [3.8, 4) is 0 Å². The van der Waals surface area contributed by atoms with Crippen molar-refractivity contribution in [2.24, 2.45) is 11.8 Å². The lowest BCUT2D eigenvalue weighted by Gasteiger charge is -2.27. The van der Waals surface area contributed by atoms with Gasteiger partial charge in [-0.05, 0) is 88.0 Å². The third-order valence-electron chi connectivity index (χ3n) is 7.69. The third-order valence-corrected chi connectivity index (χ3v) is 7.69. The van der Waals surface area contributed by atoms with Gasteiger partial charge in [0, 0.05) is 44.0 Å². The monoisotopic (exact) mass is 528 g/mol. The molecule has 2 aromatic rings. The average molecular weight is 529 g/mol. The number of Topliss-reactive ketones (excluding diaryl/α,β-unsaturated/α-hetero) is 1. The molecule has 1 aliphatic carbocycles. The molecule has 9 nitrogen and oxygen atoms in total. The summed E-state index contributed by atoms with van der Waals surface area (Å²) in [5, 5.41) is 13.6. The van der Waals surface area contributed by atoms with Crippen molar-refractivity contribution in [1.29, 1.82) is 5.41 Å². The lowest BCUT2D eigenvalue weighted by molar-refractivity contribution is -0.117. The SMILES string of the molecule is CC(C)Nc1cc2cc(c1)N(N)c1nccc(n1)C1=CC[C@@H](C=C1)CN(C)CCC(=N)C(=O)[C@@H]1CCCN1C2. The van der Waals surface area contributed by atoms with E-state index in [2.05, 4.69) is 65.3 Å². The number of rotatable bonds is 2. The fourth-order valence-electron chi connectivity index (χ4n) is 5.72. The van der Waals surface area contributed by atoms with Crippen LogP contribution in [0.15, 0.2) is 48.7 Å². The summed E-state index contributed by atoms with van der Waals surface area (Å²) in [5.41, 5.74) is 4.90. The maximum atomic E-state index is 13.4. The van der Waals surface area contributed by atoms with Gasteiger partial charge < -0.3 is 15.6 Å². The first-order valence-corrected chi connectivity index (χ1v) is 14.0. The number of hydrogen-bond donors (Lipinski definition) is 3.